The summed E-state index contributed by atoms with van der Waals surface area (Å²) >= 11 is 0. The number of ether oxygens (including phenoxy) is 1. The summed E-state index contributed by atoms with van der Waals surface area (Å²) in [6, 6.07) is 0. The van der Waals surface area contributed by atoms with Crippen LogP contribution in [0.15, 0.2) is 0 Å². The molecule has 3 nitrogen and oxygen atoms in total. The van der Waals surface area contributed by atoms with Gasteiger partial charge in [0.15, 0.2) is 0 Å². The fraction of sp³-hybridized carbons (Fsp3) is 1.00. The first kappa shape index (κ1) is 12.3. The Morgan fingerprint density at radius 1 is 1.00 bits per heavy atom. The lowest BCUT2D eigenvalue weighted by Crippen LogP contribution is -2.59. The molecule has 0 aromatic carbocycles. The van der Waals surface area contributed by atoms with Gasteiger partial charge in [-0.1, -0.05) is 19.3 Å². The van der Waals surface area contributed by atoms with Gasteiger partial charge in [-0.15, -0.1) is 0 Å². The third-order valence-electron chi connectivity index (χ3n) is 4.21. The first-order chi connectivity index (χ1) is 7.87. The van der Waals surface area contributed by atoms with Crippen LogP contribution in [0, 0.1) is 0 Å². The number of hydrogen-bond donors (Lipinski definition) is 1. The molecule has 2 fully saturated rings. The Balaban J connectivity index is 1.99. The van der Waals surface area contributed by atoms with Gasteiger partial charge >= 0.3 is 0 Å². The van der Waals surface area contributed by atoms with Gasteiger partial charge < -0.3 is 10.5 Å². The molecule has 16 heavy (non-hydrogen) atoms. The normalized spacial score (nSPS) is 34.3. The van der Waals surface area contributed by atoms with Crippen molar-refractivity contribution in [2.75, 3.05) is 32.8 Å². The van der Waals surface area contributed by atoms with Gasteiger partial charge in [0, 0.05) is 13.2 Å². The quantitative estimate of drug-likeness (QED) is 0.780. The van der Waals surface area contributed by atoms with Crippen molar-refractivity contribution in [1.29, 1.82) is 0 Å². The monoisotopic (exact) mass is 226 g/mol. The van der Waals surface area contributed by atoms with Gasteiger partial charge in [-0.2, -0.15) is 0 Å². The maximum absolute atomic E-state index is 6.04. The van der Waals surface area contributed by atoms with Crippen LogP contribution in [0.1, 0.15) is 44.9 Å². The second-order valence-corrected chi connectivity index (χ2v) is 5.34. The Morgan fingerprint density at radius 3 is 2.25 bits per heavy atom. The van der Waals surface area contributed by atoms with Crippen molar-refractivity contribution in [3.63, 3.8) is 0 Å². The highest BCUT2D eigenvalue weighted by Gasteiger charge is 2.37. The van der Waals surface area contributed by atoms with Gasteiger partial charge in [-0.25, -0.2) is 0 Å². The Bertz CT molecular complexity index is 194. The van der Waals surface area contributed by atoms with Crippen LogP contribution in [0.3, 0.4) is 0 Å². The van der Waals surface area contributed by atoms with Crippen LogP contribution in [0.5, 0.6) is 0 Å². The van der Waals surface area contributed by atoms with Crippen molar-refractivity contribution in [3.8, 4) is 0 Å². The maximum atomic E-state index is 6.04. The minimum absolute atomic E-state index is 0.162. The van der Waals surface area contributed by atoms with E-state index in [1.54, 1.807) is 0 Å². The second kappa shape index (κ2) is 5.99. The van der Waals surface area contributed by atoms with Crippen LogP contribution in [0.25, 0.3) is 0 Å². The van der Waals surface area contributed by atoms with E-state index in [1.165, 1.54) is 58.0 Å². The zero-order valence-electron chi connectivity index (χ0n) is 10.4. The number of rotatable bonds is 2. The van der Waals surface area contributed by atoms with Crippen LogP contribution in [-0.2, 0) is 4.74 Å². The molecule has 0 saturated carbocycles. The van der Waals surface area contributed by atoms with Gasteiger partial charge in [-0.05, 0) is 38.8 Å². The standard InChI is InChI=1S/C13H26N2O/c14-11-13(7-6-10-16-12-13)15-8-4-2-1-3-5-9-15/h1-12,14H2. The number of likely N-dealkylation sites (tertiary alicyclic amines) is 1. The summed E-state index contributed by atoms with van der Waals surface area (Å²) in [6.07, 6.45) is 9.26. The van der Waals surface area contributed by atoms with E-state index in [-0.39, 0.29) is 5.54 Å². The molecule has 2 N–H and O–H groups in total. The summed E-state index contributed by atoms with van der Waals surface area (Å²) in [7, 11) is 0. The van der Waals surface area contributed by atoms with E-state index >= 15 is 0 Å². The first-order valence-electron chi connectivity index (χ1n) is 6.90. The largest absolute Gasteiger partial charge is 0.379 e. The van der Waals surface area contributed by atoms with Gasteiger partial charge in [0.25, 0.3) is 0 Å². The number of hydrogen-bond acceptors (Lipinski definition) is 3. The van der Waals surface area contributed by atoms with E-state index < -0.39 is 0 Å². The molecule has 94 valence electrons. The molecule has 0 spiro atoms. The van der Waals surface area contributed by atoms with Crippen LogP contribution in [-0.4, -0.2) is 43.3 Å². The molecular formula is C13H26N2O. The lowest BCUT2D eigenvalue weighted by atomic mass is 9.89. The Labute approximate surface area is 99.3 Å². The van der Waals surface area contributed by atoms with Crippen molar-refractivity contribution in [2.24, 2.45) is 5.73 Å². The number of nitrogens with two attached hydrogens (primary N) is 1. The van der Waals surface area contributed by atoms with Crippen LogP contribution in [0.4, 0.5) is 0 Å². The molecule has 0 amide bonds. The van der Waals surface area contributed by atoms with Crippen molar-refractivity contribution in [2.45, 2.75) is 50.5 Å². The molecule has 2 saturated heterocycles. The van der Waals surface area contributed by atoms with Gasteiger partial charge in [0.2, 0.25) is 0 Å². The van der Waals surface area contributed by atoms with E-state index in [4.69, 9.17) is 10.5 Å². The van der Waals surface area contributed by atoms with E-state index in [0.29, 0.717) is 0 Å². The molecule has 0 aromatic rings. The van der Waals surface area contributed by atoms with Crippen LogP contribution in [0.2, 0.25) is 0 Å². The summed E-state index contributed by atoms with van der Waals surface area (Å²) in [5, 5.41) is 0. The molecule has 0 radical (unpaired) electrons. The third kappa shape index (κ3) is 2.76. The minimum atomic E-state index is 0.162. The summed E-state index contributed by atoms with van der Waals surface area (Å²) in [5.41, 5.74) is 6.20. The van der Waals surface area contributed by atoms with E-state index in [2.05, 4.69) is 4.90 Å². The predicted molar refractivity (Wildman–Crippen MR) is 66.5 cm³/mol. The summed E-state index contributed by atoms with van der Waals surface area (Å²) < 4.78 is 5.68. The second-order valence-electron chi connectivity index (χ2n) is 5.34. The van der Waals surface area contributed by atoms with E-state index in [0.717, 1.165) is 19.8 Å². The molecule has 1 unspecified atom stereocenters. The SMILES string of the molecule is NCC1(N2CCCCCCC2)CCCOC1. The highest BCUT2D eigenvalue weighted by atomic mass is 16.5. The van der Waals surface area contributed by atoms with Crippen molar-refractivity contribution in [3.05, 3.63) is 0 Å². The molecule has 2 heterocycles. The fourth-order valence-electron chi connectivity index (χ4n) is 3.10. The summed E-state index contributed by atoms with van der Waals surface area (Å²) in [6.45, 7) is 4.98. The van der Waals surface area contributed by atoms with E-state index in [1.807, 2.05) is 0 Å². The zero-order valence-corrected chi connectivity index (χ0v) is 10.4. The maximum Gasteiger partial charge on any atom is 0.0662 e. The molecule has 1 atom stereocenters. The van der Waals surface area contributed by atoms with Gasteiger partial charge in [0.1, 0.15) is 0 Å². The molecule has 2 rings (SSSR count). The van der Waals surface area contributed by atoms with Crippen LogP contribution >= 0.6 is 0 Å². The third-order valence-corrected chi connectivity index (χ3v) is 4.21. The smallest absolute Gasteiger partial charge is 0.0662 e. The zero-order chi connectivity index (χ0) is 11.3. The summed E-state index contributed by atoms with van der Waals surface area (Å²) in [4.78, 5) is 2.63. The van der Waals surface area contributed by atoms with E-state index in [9.17, 15) is 0 Å². The average Bonchev–Trinajstić information content (AvgIpc) is 2.29. The van der Waals surface area contributed by atoms with Crippen LogP contribution < -0.4 is 5.73 Å². The predicted octanol–water partition coefficient (Wildman–Crippen LogP) is 1.76. The Kier molecular flexibility index (Phi) is 4.62. The number of nitrogens with zero attached hydrogens (tertiary/aromatic N) is 1. The molecule has 0 aliphatic carbocycles. The molecule has 0 aromatic heterocycles. The molecule has 2 aliphatic rings. The molecule has 0 bridgehead atoms. The topological polar surface area (TPSA) is 38.5 Å². The lowest BCUT2D eigenvalue weighted by molar-refractivity contribution is -0.0475. The summed E-state index contributed by atoms with van der Waals surface area (Å²) in [5.74, 6) is 0. The Hall–Kier alpha value is -0.120. The fourth-order valence-corrected chi connectivity index (χ4v) is 3.10. The first-order valence-corrected chi connectivity index (χ1v) is 6.90. The Morgan fingerprint density at radius 2 is 1.69 bits per heavy atom. The molecule has 2 aliphatic heterocycles. The molecular weight excluding hydrogens is 200 g/mol. The van der Waals surface area contributed by atoms with Crippen molar-refractivity contribution in [1.82, 2.24) is 4.90 Å². The highest BCUT2D eigenvalue weighted by molar-refractivity contribution is 4.94. The minimum Gasteiger partial charge on any atom is -0.379 e. The van der Waals surface area contributed by atoms with Gasteiger partial charge in [-0.3, -0.25) is 4.90 Å². The lowest BCUT2D eigenvalue weighted by Gasteiger charge is -2.46. The average molecular weight is 226 g/mol. The van der Waals surface area contributed by atoms with Crippen molar-refractivity contribution < 1.29 is 4.74 Å². The molecule has 3 heteroatoms. The van der Waals surface area contributed by atoms with Crippen molar-refractivity contribution >= 4 is 0 Å². The highest BCUT2D eigenvalue weighted by Crippen LogP contribution is 2.27. The van der Waals surface area contributed by atoms with Gasteiger partial charge in [0.05, 0.1) is 12.1 Å².